The summed E-state index contributed by atoms with van der Waals surface area (Å²) in [5, 5.41) is 1.21. The Kier molecular flexibility index (Phi) is 1.92. The van der Waals surface area contributed by atoms with E-state index in [4.69, 9.17) is 0 Å². The Hall–Kier alpha value is -1.30. The topological polar surface area (TPSA) is 52.7 Å². The molecule has 0 aromatic carbocycles. The van der Waals surface area contributed by atoms with Crippen molar-refractivity contribution in [3.63, 3.8) is 0 Å². The fourth-order valence-electron chi connectivity index (χ4n) is 2.00. The molecular weight excluding hydrogens is 224 g/mol. The van der Waals surface area contributed by atoms with Crippen LogP contribution in [0.25, 0.3) is 11.2 Å². The molecular formula is C10H12N4OS. The average Bonchev–Trinajstić information content (AvgIpc) is 2.70. The molecule has 5 nitrogen and oxygen atoms in total. The first kappa shape index (κ1) is 9.89. The van der Waals surface area contributed by atoms with Crippen LogP contribution in [0.3, 0.4) is 0 Å². The summed E-state index contributed by atoms with van der Waals surface area (Å²) in [6.45, 7) is 4.72. The lowest BCUT2D eigenvalue weighted by atomic mass is 10.4. The number of imidazole rings is 1. The quantitative estimate of drug-likeness (QED) is 0.639. The second-order valence-electron chi connectivity index (χ2n) is 4.13. The van der Waals surface area contributed by atoms with Crippen LogP contribution in [-0.2, 0) is 13.6 Å². The van der Waals surface area contributed by atoms with Crippen LogP contribution in [0.1, 0.15) is 12.7 Å². The third kappa shape index (κ3) is 1.16. The zero-order valence-electron chi connectivity index (χ0n) is 9.39. The minimum atomic E-state index is 0.0277. The van der Waals surface area contributed by atoms with Crippen molar-refractivity contribution in [2.75, 3.05) is 0 Å². The molecule has 1 aliphatic rings. The lowest BCUT2D eigenvalue weighted by Crippen LogP contribution is -2.22. The Morgan fingerprint density at radius 2 is 2.19 bits per heavy atom. The number of nitrogens with zero attached hydrogens (tertiary/aromatic N) is 4. The molecule has 0 saturated heterocycles. The molecule has 1 unspecified atom stereocenters. The number of fused-ring (bicyclic) bond motifs is 2. The van der Waals surface area contributed by atoms with Gasteiger partial charge in [-0.05, 0) is 6.92 Å². The van der Waals surface area contributed by atoms with Gasteiger partial charge in [-0.3, -0.25) is 9.36 Å². The van der Waals surface area contributed by atoms with Crippen LogP contribution in [-0.4, -0.2) is 24.4 Å². The van der Waals surface area contributed by atoms with Gasteiger partial charge in [0.1, 0.15) is 5.82 Å². The van der Waals surface area contributed by atoms with Crippen LogP contribution in [0.2, 0.25) is 0 Å². The van der Waals surface area contributed by atoms with Gasteiger partial charge in [0.05, 0.1) is 0 Å². The zero-order valence-corrected chi connectivity index (χ0v) is 10.2. The second-order valence-corrected chi connectivity index (χ2v) is 5.53. The molecule has 6 heteroatoms. The highest BCUT2D eigenvalue weighted by Gasteiger charge is 2.24. The van der Waals surface area contributed by atoms with E-state index in [1.54, 1.807) is 16.3 Å². The average molecular weight is 236 g/mol. The number of aryl methyl sites for hydroxylation is 2. The molecule has 16 heavy (non-hydrogen) atoms. The van der Waals surface area contributed by atoms with Gasteiger partial charge in [-0.2, -0.15) is 0 Å². The first-order valence-corrected chi connectivity index (χ1v) is 6.06. The van der Waals surface area contributed by atoms with Crippen LogP contribution in [0.5, 0.6) is 0 Å². The van der Waals surface area contributed by atoms with E-state index in [0.29, 0.717) is 16.4 Å². The summed E-state index contributed by atoms with van der Waals surface area (Å²) in [5.41, 5.74) is 1.20. The maximum Gasteiger partial charge on any atom is 0.280 e. The third-order valence-electron chi connectivity index (χ3n) is 2.93. The maximum atomic E-state index is 12.2. The molecule has 0 saturated carbocycles. The van der Waals surface area contributed by atoms with Crippen LogP contribution in [0.15, 0.2) is 9.95 Å². The number of hydrogen-bond donors (Lipinski definition) is 0. The molecule has 0 bridgehead atoms. The minimum Gasteiger partial charge on any atom is -0.325 e. The monoisotopic (exact) mass is 236 g/mol. The van der Waals surface area contributed by atoms with Gasteiger partial charge in [-0.15, -0.1) is 0 Å². The predicted molar refractivity (Wildman–Crippen MR) is 62.8 cm³/mol. The highest BCUT2D eigenvalue weighted by atomic mass is 32.2. The number of aromatic nitrogens is 4. The molecule has 0 N–H and O–H groups in total. The number of hydrogen-bond acceptors (Lipinski definition) is 4. The van der Waals surface area contributed by atoms with Crippen molar-refractivity contribution in [2.24, 2.45) is 7.05 Å². The van der Waals surface area contributed by atoms with E-state index in [2.05, 4.69) is 16.9 Å². The molecule has 3 heterocycles. The standard InChI is InChI=1S/C10H12N4OS/c1-5-4-14-9(15)7-8(12-10(14)16-5)11-6(2)13(7)3/h5H,4H2,1-3H3. The Bertz CT molecular complexity index is 642. The van der Waals surface area contributed by atoms with Crippen molar-refractivity contribution in [2.45, 2.75) is 30.8 Å². The van der Waals surface area contributed by atoms with E-state index >= 15 is 0 Å². The van der Waals surface area contributed by atoms with Crippen LogP contribution < -0.4 is 5.56 Å². The SMILES string of the molecule is Cc1nc2nc3n(c(=O)c2n1C)CC(C)S3. The number of rotatable bonds is 0. The van der Waals surface area contributed by atoms with Gasteiger partial charge in [0, 0.05) is 18.8 Å². The van der Waals surface area contributed by atoms with Gasteiger partial charge < -0.3 is 4.57 Å². The molecule has 3 rings (SSSR count). The van der Waals surface area contributed by atoms with Gasteiger partial charge in [-0.1, -0.05) is 18.7 Å². The third-order valence-corrected chi connectivity index (χ3v) is 4.00. The molecule has 2 aromatic rings. The Morgan fingerprint density at radius 3 is 2.94 bits per heavy atom. The maximum absolute atomic E-state index is 12.2. The van der Waals surface area contributed by atoms with E-state index in [1.807, 2.05) is 18.5 Å². The van der Waals surface area contributed by atoms with Crippen molar-refractivity contribution >= 4 is 22.9 Å². The van der Waals surface area contributed by atoms with E-state index in [1.165, 1.54) is 0 Å². The van der Waals surface area contributed by atoms with Crippen molar-refractivity contribution in [1.82, 2.24) is 19.1 Å². The summed E-state index contributed by atoms with van der Waals surface area (Å²) >= 11 is 1.64. The van der Waals surface area contributed by atoms with Crippen LogP contribution in [0.4, 0.5) is 0 Å². The highest BCUT2D eigenvalue weighted by molar-refractivity contribution is 7.99. The van der Waals surface area contributed by atoms with Crippen LogP contribution >= 0.6 is 11.8 Å². The van der Waals surface area contributed by atoms with E-state index in [9.17, 15) is 4.79 Å². The first-order chi connectivity index (χ1) is 7.58. The van der Waals surface area contributed by atoms with Crippen molar-refractivity contribution in [3.8, 4) is 0 Å². The largest absolute Gasteiger partial charge is 0.325 e. The molecule has 0 aliphatic carbocycles. The predicted octanol–water partition coefficient (Wildman–Crippen LogP) is 0.933. The summed E-state index contributed by atoms with van der Waals surface area (Å²) in [6, 6.07) is 0. The van der Waals surface area contributed by atoms with Crippen LogP contribution in [0, 0.1) is 6.92 Å². The summed E-state index contributed by atoms with van der Waals surface area (Å²) in [5.74, 6) is 0.821. The van der Waals surface area contributed by atoms with Crippen molar-refractivity contribution in [3.05, 3.63) is 16.2 Å². The fourth-order valence-corrected chi connectivity index (χ4v) is 3.01. The van der Waals surface area contributed by atoms with Crippen molar-refractivity contribution in [1.29, 1.82) is 0 Å². The Balaban J connectivity index is 2.43. The molecule has 0 fully saturated rings. The van der Waals surface area contributed by atoms with Crippen molar-refractivity contribution < 1.29 is 0 Å². The molecule has 0 spiro atoms. The molecule has 1 aliphatic heterocycles. The number of thioether (sulfide) groups is 1. The Morgan fingerprint density at radius 1 is 1.44 bits per heavy atom. The summed E-state index contributed by atoms with van der Waals surface area (Å²) < 4.78 is 3.56. The molecule has 0 amide bonds. The molecule has 2 aromatic heterocycles. The summed E-state index contributed by atoms with van der Waals surface area (Å²) in [4.78, 5) is 21.0. The normalized spacial score (nSPS) is 19.3. The highest BCUT2D eigenvalue weighted by Crippen LogP contribution is 2.29. The second kappa shape index (κ2) is 3.10. The lowest BCUT2D eigenvalue weighted by molar-refractivity contribution is 0.625. The summed E-state index contributed by atoms with van der Waals surface area (Å²) in [6.07, 6.45) is 0. The molecule has 1 atom stereocenters. The molecule has 0 radical (unpaired) electrons. The van der Waals surface area contributed by atoms with E-state index < -0.39 is 0 Å². The van der Waals surface area contributed by atoms with Gasteiger partial charge >= 0.3 is 0 Å². The van der Waals surface area contributed by atoms with E-state index in [0.717, 1.165) is 17.5 Å². The summed E-state index contributed by atoms with van der Waals surface area (Å²) in [7, 11) is 1.85. The Labute approximate surface area is 96.5 Å². The van der Waals surface area contributed by atoms with E-state index in [-0.39, 0.29) is 5.56 Å². The van der Waals surface area contributed by atoms with Gasteiger partial charge in [-0.25, -0.2) is 9.97 Å². The fraction of sp³-hybridized carbons (Fsp3) is 0.500. The first-order valence-electron chi connectivity index (χ1n) is 5.18. The smallest absolute Gasteiger partial charge is 0.280 e. The molecule has 84 valence electrons. The van der Waals surface area contributed by atoms with Gasteiger partial charge in [0.25, 0.3) is 5.56 Å². The lowest BCUT2D eigenvalue weighted by Gasteiger charge is -2.01. The van der Waals surface area contributed by atoms with Gasteiger partial charge in [0.2, 0.25) is 0 Å². The minimum absolute atomic E-state index is 0.0277. The van der Waals surface area contributed by atoms with Gasteiger partial charge in [0.15, 0.2) is 16.3 Å². The zero-order chi connectivity index (χ0) is 11.4.